The molecule has 0 aromatic heterocycles. The fraction of sp³-hybridized carbons (Fsp3) is 0.533. The van der Waals surface area contributed by atoms with Crippen molar-refractivity contribution in [1.29, 1.82) is 0 Å². The molecule has 1 aromatic carbocycles. The molecule has 1 aliphatic rings. The summed E-state index contributed by atoms with van der Waals surface area (Å²) in [6.07, 6.45) is 1.73. The first-order chi connectivity index (χ1) is 8.99. The van der Waals surface area contributed by atoms with Gasteiger partial charge in [0.2, 0.25) is 0 Å². The maximum Gasteiger partial charge on any atom is 0.335 e. The van der Waals surface area contributed by atoms with E-state index in [-0.39, 0.29) is 6.10 Å². The SMILES string of the molecule is Cc1cc(N2CCC(C(C)O)CC2)ccc1C(=O)O. The number of piperidine rings is 1. The van der Waals surface area contributed by atoms with Crippen LogP contribution < -0.4 is 4.90 Å². The maximum atomic E-state index is 11.0. The van der Waals surface area contributed by atoms with Gasteiger partial charge in [0, 0.05) is 18.8 Å². The molecular weight excluding hydrogens is 242 g/mol. The Hall–Kier alpha value is -1.55. The van der Waals surface area contributed by atoms with Crippen LogP contribution in [0.5, 0.6) is 0 Å². The molecular formula is C15H21NO3. The second-order valence-electron chi connectivity index (χ2n) is 5.37. The van der Waals surface area contributed by atoms with Gasteiger partial charge in [-0.15, -0.1) is 0 Å². The summed E-state index contributed by atoms with van der Waals surface area (Å²) in [5.41, 5.74) is 2.23. The average Bonchev–Trinajstić information content (AvgIpc) is 2.38. The summed E-state index contributed by atoms with van der Waals surface area (Å²) in [7, 11) is 0. The minimum atomic E-state index is -0.878. The van der Waals surface area contributed by atoms with Crippen molar-refractivity contribution in [3.05, 3.63) is 29.3 Å². The lowest BCUT2D eigenvalue weighted by Crippen LogP contribution is -2.37. The normalized spacial score (nSPS) is 18.4. The number of aromatic carboxylic acids is 1. The predicted octanol–water partition coefficient (Wildman–Crippen LogP) is 2.29. The average molecular weight is 263 g/mol. The van der Waals surface area contributed by atoms with Gasteiger partial charge in [0.15, 0.2) is 0 Å². The topological polar surface area (TPSA) is 60.8 Å². The van der Waals surface area contributed by atoms with Gasteiger partial charge in [-0.25, -0.2) is 4.79 Å². The third-order valence-electron chi connectivity index (χ3n) is 4.03. The summed E-state index contributed by atoms with van der Waals surface area (Å²) in [4.78, 5) is 13.2. The zero-order valence-corrected chi connectivity index (χ0v) is 11.5. The molecule has 0 radical (unpaired) electrons. The number of carbonyl (C=O) groups is 1. The number of rotatable bonds is 3. The molecule has 1 unspecified atom stereocenters. The van der Waals surface area contributed by atoms with Gasteiger partial charge in [-0.1, -0.05) is 0 Å². The Morgan fingerprint density at radius 2 is 2.00 bits per heavy atom. The summed E-state index contributed by atoms with van der Waals surface area (Å²) in [5.74, 6) is -0.493. The Morgan fingerprint density at radius 3 is 2.47 bits per heavy atom. The van der Waals surface area contributed by atoms with Crippen LogP contribution in [0.3, 0.4) is 0 Å². The summed E-state index contributed by atoms with van der Waals surface area (Å²) < 4.78 is 0. The molecule has 2 N–H and O–H groups in total. The van der Waals surface area contributed by atoms with Crippen LogP contribution in [-0.4, -0.2) is 35.4 Å². The minimum Gasteiger partial charge on any atom is -0.478 e. The number of aliphatic hydroxyl groups excluding tert-OH is 1. The van der Waals surface area contributed by atoms with E-state index < -0.39 is 5.97 Å². The van der Waals surface area contributed by atoms with Crippen molar-refractivity contribution >= 4 is 11.7 Å². The summed E-state index contributed by atoms with van der Waals surface area (Å²) in [6.45, 7) is 5.52. The van der Waals surface area contributed by atoms with Crippen molar-refractivity contribution in [1.82, 2.24) is 0 Å². The van der Waals surface area contributed by atoms with E-state index in [1.54, 1.807) is 6.07 Å². The van der Waals surface area contributed by atoms with E-state index in [9.17, 15) is 9.90 Å². The van der Waals surface area contributed by atoms with E-state index in [1.807, 2.05) is 26.0 Å². The monoisotopic (exact) mass is 263 g/mol. The third kappa shape index (κ3) is 3.07. The number of aliphatic hydroxyl groups is 1. The first-order valence-electron chi connectivity index (χ1n) is 6.76. The molecule has 0 aliphatic carbocycles. The highest BCUT2D eigenvalue weighted by atomic mass is 16.4. The van der Waals surface area contributed by atoms with Crippen LogP contribution in [0.1, 0.15) is 35.7 Å². The van der Waals surface area contributed by atoms with Gasteiger partial charge in [0.25, 0.3) is 0 Å². The van der Waals surface area contributed by atoms with Crippen molar-refractivity contribution in [3.63, 3.8) is 0 Å². The molecule has 2 rings (SSSR count). The van der Waals surface area contributed by atoms with Gasteiger partial charge in [-0.2, -0.15) is 0 Å². The van der Waals surface area contributed by atoms with Crippen LogP contribution in [0.25, 0.3) is 0 Å². The zero-order valence-electron chi connectivity index (χ0n) is 11.5. The fourth-order valence-electron chi connectivity index (χ4n) is 2.72. The van der Waals surface area contributed by atoms with Gasteiger partial charge < -0.3 is 15.1 Å². The summed E-state index contributed by atoms with van der Waals surface area (Å²) in [6, 6.07) is 5.49. The molecule has 0 spiro atoms. The minimum absolute atomic E-state index is 0.238. The van der Waals surface area contributed by atoms with Crippen LogP contribution in [0, 0.1) is 12.8 Å². The molecule has 1 saturated heterocycles. The molecule has 1 fully saturated rings. The van der Waals surface area contributed by atoms with Crippen molar-refractivity contribution in [2.24, 2.45) is 5.92 Å². The zero-order chi connectivity index (χ0) is 14.0. The molecule has 1 aliphatic heterocycles. The van der Waals surface area contributed by atoms with Gasteiger partial charge in [-0.05, 0) is 56.4 Å². The van der Waals surface area contributed by atoms with Crippen LogP contribution >= 0.6 is 0 Å². The summed E-state index contributed by atoms with van der Waals surface area (Å²) >= 11 is 0. The van der Waals surface area contributed by atoms with Crippen molar-refractivity contribution in [2.75, 3.05) is 18.0 Å². The van der Waals surface area contributed by atoms with Crippen LogP contribution in [0.4, 0.5) is 5.69 Å². The van der Waals surface area contributed by atoms with E-state index in [0.717, 1.165) is 37.2 Å². The van der Waals surface area contributed by atoms with Crippen LogP contribution in [0.15, 0.2) is 18.2 Å². The van der Waals surface area contributed by atoms with E-state index in [4.69, 9.17) is 5.11 Å². The molecule has 0 amide bonds. The molecule has 19 heavy (non-hydrogen) atoms. The van der Waals surface area contributed by atoms with Crippen LogP contribution in [0.2, 0.25) is 0 Å². The Kier molecular flexibility index (Phi) is 4.10. The Bertz CT molecular complexity index is 462. The van der Waals surface area contributed by atoms with E-state index in [1.165, 1.54) is 0 Å². The largest absolute Gasteiger partial charge is 0.478 e. The number of hydrogen-bond acceptors (Lipinski definition) is 3. The Morgan fingerprint density at radius 1 is 1.37 bits per heavy atom. The molecule has 0 bridgehead atoms. The second kappa shape index (κ2) is 5.61. The summed E-state index contributed by atoms with van der Waals surface area (Å²) in [5, 5.41) is 18.6. The van der Waals surface area contributed by atoms with Crippen molar-refractivity contribution < 1.29 is 15.0 Å². The lowest BCUT2D eigenvalue weighted by Gasteiger charge is -2.35. The number of carboxylic acid groups (broad SMARTS) is 1. The van der Waals surface area contributed by atoms with Crippen molar-refractivity contribution in [3.8, 4) is 0 Å². The molecule has 0 saturated carbocycles. The number of nitrogens with zero attached hydrogens (tertiary/aromatic N) is 1. The van der Waals surface area contributed by atoms with Gasteiger partial charge in [0.05, 0.1) is 11.7 Å². The van der Waals surface area contributed by atoms with E-state index >= 15 is 0 Å². The standard InChI is InChI=1S/C15H21NO3/c1-10-9-13(3-4-14(10)15(18)19)16-7-5-12(6-8-16)11(2)17/h3-4,9,11-12,17H,5-8H2,1-2H3,(H,18,19). The van der Waals surface area contributed by atoms with Gasteiger partial charge in [0.1, 0.15) is 0 Å². The van der Waals surface area contributed by atoms with Crippen LogP contribution in [-0.2, 0) is 0 Å². The molecule has 4 heteroatoms. The number of hydrogen-bond donors (Lipinski definition) is 2. The fourth-order valence-corrected chi connectivity index (χ4v) is 2.72. The maximum absolute atomic E-state index is 11.0. The number of carboxylic acids is 1. The highest BCUT2D eigenvalue weighted by molar-refractivity contribution is 5.89. The first kappa shape index (κ1) is 13.9. The quantitative estimate of drug-likeness (QED) is 0.878. The highest BCUT2D eigenvalue weighted by Crippen LogP contribution is 2.26. The molecule has 4 nitrogen and oxygen atoms in total. The molecule has 104 valence electrons. The van der Waals surface area contributed by atoms with Gasteiger partial charge >= 0.3 is 5.97 Å². The van der Waals surface area contributed by atoms with Crippen molar-refractivity contribution in [2.45, 2.75) is 32.8 Å². The first-order valence-corrected chi connectivity index (χ1v) is 6.76. The Labute approximate surface area is 113 Å². The molecule has 1 atom stereocenters. The highest BCUT2D eigenvalue weighted by Gasteiger charge is 2.23. The molecule has 1 aromatic rings. The lowest BCUT2D eigenvalue weighted by molar-refractivity contribution is 0.0696. The Balaban J connectivity index is 2.08. The third-order valence-corrected chi connectivity index (χ3v) is 4.03. The smallest absolute Gasteiger partial charge is 0.335 e. The molecule has 1 heterocycles. The predicted molar refractivity (Wildman–Crippen MR) is 74.8 cm³/mol. The second-order valence-corrected chi connectivity index (χ2v) is 5.37. The van der Waals surface area contributed by atoms with Gasteiger partial charge in [-0.3, -0.25) is 0 Å². The van der Waals surface area contributed by atoms with E-state index in [2.05, 4.69) is 4.90 Å². The number of aryl methyl sites for hydroxylation is 1. The number of anilines is 1. The number of benzene rings is 1. The van der Waals surface area contributed by atoms with E-state index in [0.29, 0.717) is 11.5 Å². The lowest BCUT2D eigenvalue weighted by atomic mass is 9.92.